The monoisotopic (exact) mass is 344 g/mol. The number of carbonyl (C=O) groups is 2. The molecule has 1 atom stereocenters. The highest BCUT2D eigenvalue weighted by atomic mass is 16.4. The number of carboxylic acid groups (broad SMARTS) is 1. The molecule has 3 rings (SSSR count). The SMILES string of the molecule is CCn1cc(C(=O)O)c(=O)c2ccc(C3CCCNN3C(C)=O)nc21. The second-order valence-electron chi connectivity index (χ2n) is 6.03. The third kappa shape index (κ3) is 3.00. The van der Waals surface area contributed by atoms with E-state index in [0.29, 0.717) is 17.9 Å². The molecule has 132 valence electrons. The lowest BCUT2D eigenvalue weighted by molar-refractivity contribution is -0.137. The Hall–Kier alpha value is -2.74. The molecule has 0 aliphatic carbocycles. The van der Waals surface area contributed by atoms with Crippen LogP contribution in [0.15, 0.2) is 23.1 Å². The second kappa shape index (κ2) is 6.64. The van der Waals surface area contributed by atoms with Crippen molar-refractivity contribution in [3.05, 3.63) is 39.8 Å². The summed E-state index contributed by atoms with van der Waals surface area (Å²) in [4.78, 5) is 40.1. The first-order chi connectivity index (χ1) is 11.9. The van der Waals surface area contributed by atoms with Gasteiger partial charge in [0, 0.05) is 26.2 Å². The molecule has 1 saturated heterocycles. The summed E-state index contributed by atoms with van der Waals surface area (Å²) in [7, 11) is 0. The Morgan fingerprint density at radius 3 is 2.80 bits per heavy atom. The van der Waals surface area contributed by atoms with Crippen LogP contribution in [0.2, 0.25) is 0 Å². The molecule has 0 spiro atoms. The first-order valence-electron chi connectivity index (χ1n) is 8.24. The van der Waals surface area contributed by atoms with Crippen molar-refractivity contribution in [3.63, 3.8) is 0 Å². The average Bonchev–Trinajstić information content (AvgIpc) is 2.61. The van der Waals surface area contributed by atoms with Gasteiger partial charge in [-0.2, -0.15) is 0 Å². The van der Waals surface area contributed by atoms with E-state index >= 15 is 0 Å². The van der Waals surface area contributed by atoms with Crippen LogP contribution in [-0.2, 0) is 11.3 Å². The standard InChI is InChI=1S/C17H20N4O4/c1-3-20-9-12(17(24)25)15(23)11-6-7-13(19-16(11)20)14-5-4-8-18-21(14)10(2)22/h6-7,9,14,18H,3-5,8H2,1-2H3,(H,24,25). The van der Waals surface area contributed by atoms with Crippen LogP contribution in [0.4, 0.5) is 0 Å². The maximum absolute atomic E-state index is 12.4. The van der Waals surface area contributed by atoms with Gasteiger partial charge in [0.15, 0.2) is 0 Å². The number of aryl methyl sites for hydroxylation is 1. The third-order valence-electron chi connectivity index (χ3n) is 4.44. The highest BCUT2D eigenvalue weighted by molar-refractivity contribution is 5.91. The molecule has 0 aromatic carbocycles. The molecule has 1 fully saturated rings. The fourth-order valence-corrected chi connectivity index (χ4v) is 3.20. The largest absolute Gasteiger partial charge is 0.477 e. The second-order valence-corrected chi connectivity index (χ2v) is 6.03. The van der Waals surface area contributed by atoms with Crippen molar-refractivity contribution in [2.75, 3.05) is 6.54 Å². The van der Waals surface area contributed by atoms with Gasteiger partial charge in [0.05, 0.1) is 17.1 Å². The van der Waals surface area contributed by atoms with E-state index in [4.69, 9.17) is 0 Å². The van der Waals surface area contributed by atoms with E-state index in [1.807, 2.05) is 6.92 Å². The summed E-state index contributed by atoms with van der Waals surface area (Å²) in [5.74, 6) is -1.35. The number of amides is 1. The normalized spacial score (nSPS) is 17.7. The summed E-state index contributed by atoms with van der Waals surface area (Å²) in [5.41, 5.74) is 3.38. The minimum atomic E-state index is -1.25. The fraction of sp³-hybridized carbons (Fsp3) is 0.412. The van der Waals surface area contributed by atoms with E-state index in [2.05, 4.69) is 10.4 Å². The van der Waals surface area contributed by atoms with Crippen LogP contribution in [-0.4, -0.2) is 38.1 Å². The number of aromatic carboxylic acids is 1. The summed E-state index contributed by atoms with van der Waals surface area (Å²) < 4.78 is 1.65. The predicted octanol–water partition coefficient (Wildman–Crippen LogP) is 1.30. The molecular weight excluding hydrogens is 324 g/mol. The highest BCUT2D eigenvalue weighted by Crippen LogP contribution is 2.27. The number of carbonyl (C=O) groups excluding carboxylic acids is 1. The molecule has 0 bridgehead atoms. The summed E-state index contributed by atoms with van der Waals surface area (Å²) in [6, 6.07) is 3.09. The Morgan fingerprint density at radius 1 is 1.40 bits per heavy atom. The maximum Gasteiger partial charge on any atom is 0.341 e. The molecule has 2 aromatic heterocycles. The molecular formula is C17H20N4O4. The van der Waals surface area contributed by atoms with Gasteiger partial charge in [-0.1, -0.05) is 0 Å². The Labute approximate surface area is 144 Å². The Balaban J connectivity index is 2.17. The number of hydrogen-bond acceptors (Lipinski definition) is 5. The molecule has 2 aromatic rings. The van der Waals surface area contributed by atoms with Gasteiger partial charge in [-0.15, -0.1) is 0 Å². The predicted molar refractivity (Wildman–Crippen MR) is 91.1 cm³/mol. The zero-order valence-corrected chi connectivity index (χ0v) is 14.2. The zero-order valence-electron chi connectivity index (χ0n) is 14.2. The van der Waals surface area contributed by atoms with Crippen molar-refractivity contribution >= 4 is 22.9 Å². The van der Waals surface area contributed by atoms with E-state index in [0.717, 1.165) is 19.4 Å². The molecule has 0 radical (unpaired) electrons. The molecule has 8 nitrogen and oxygen atoms in total. The van der Waals surface area contributed by atoms with Gasteiger partial charge in [0.25, 0.3) is 0 Å². The minimum absolute atomic E-state index is 0.0966. The molecule has 25 heavy (non-hydrogen) atoms. The van der Waals surface area contributed by atoms with Crippen LogP contribution in [0.3, 0.4) is 0 Å². The molecule has 3 heterocycles. The number of aromatic nitrogens is 2. The van der Waals surface area contributed by atoms with Gasteiger partial charge in [0.1, 0.15) is 11.2 Å². The smallest absolute Gasteiger partial charge is 0.341 e. The number of fused-ring (bicyclic) bond motifs is 1. The molecule has 1 unspecified atom stereocenters. The number of hydrogen-bond donors (Lipinski definition) is 2. The summed E-state index contributed by atoms with van der Waals surface area (Å²) >= 11 is 0. The lowest BCUT2D eigenvalue weighted by atomic mass is 10.0. The average molecular weight is 344 g/mol. The lowest BCUT2D eigenvalue weighted by Gasteiger charge is -2.35. The molecule has 1 amide bonds. The molecule has 0 saturated carbocycles. The van der Waals surface area contributed by atoms with Crippen molar-refractivity contribution < 1.29 is 14.7 Å². The first kappa shape index (κ1) is 17.1. The number of pyridine rings is 2. The molecule has 8 heteroatoms. The molecule has 1 aliphatic heterocycles. The van der Waals surface area contributed by atoms with Crippen LogP contribution in [0.5, 0.6) is 0 Å². The Bertz CT molecular complexity index is 905. The van der Waals surface area contributed by atoms with E-state index in [9.17, 15) is 19.5 Å². The van der Waals surface area contributed by atoms with Crippen molar-refractivity contribution in [2.24, 2.45) is 0 Å². The number of nitrogens with zero attached hydrogens (tertiary/aromatic N) is 3. The summed E-state index contributed by atoms with van der Waals surface area (Å²) in [6.07, 6.45) is 3.01. The maximum atomic E-state index is 12.4. The number of hydrazine groups is 1. The van der Waals surface area contributed by atoms with Crippen molar-refractivity contribution in [1.29, 1.82) is 0 Å². The number of nitrogens with one attached hydrogen (secondary N) is 1. The fourth-order valence-electron chi connectivity index (χ4n) is 3.20. The van der Waals surface area contributed by atoms with Gasteiger partial charge in [-0.3, -0.25) is 14.6 Å². The van der Waals surface area contributed by atoms with Gasteiger partial charge >= 0.3 is 5.97 Å². The van der Waals surface area contributed by atoms with Crippen molar-refractivity contribution in [2.45, 2.75) is 39.3 Å². The minimum Gasteiger partial charge on any atom is -0.477 e. The van der Waals surface area contributed by atoms with Crippen LogP contribution >= 0.6 is 0 Å². The van der Waals surface area contributed by atoms with Gasteiger partial charge < -0.3 is 9.67 Å². The Morgan fingerprint density at radius 2 is 2.16 bits per heavy atom. The number of rotatable bonds is 3. The van der Waals surface area contributed by atoms with Crippen LogP contribution in [0.25, 0.3) is 11.0 Å². The highest BCUT2D eigenvalue weighted by Gasteiger charge is 2.27. The van der Waals surface area contributed by atoms with E-state index < -0.39 is 11.4 Å². The Kier molecular flexibility index (Phi) is 4.54. The topological polar surface area (TPSA) is 105 Å². The van der Waals surface area contributed by atoms with E-state index in [1.54, 1.807) is 21.7 Å². The van der Waals surface area contributed by atoms with Gasteiger partial charge in [0.2, 0.25) is 11.3 Å². The van der Waals surface area contributed by atoms with Crippen molar-refractivity contribution in [3.8, 4) is 0 Å². The van der Waals surface area contributed by atoms with Crippen molar-refractivity contribution in [1.82, 2.24) is 20.0 Å². The molecule has 1 aliphatic rings. The van der Waals surface area contributed by atoms with E-state index in [-0.39, 0.29) is 22.9 Å². The van der Waals surface area contributed by atoms with Gasteiger partial charge in [-0.25, -0.2) is 15.2 Å². The quantitative estimate of drug-likeness (QED) is 0.870. The number of carboxylic acids is 1. The van der Waals surface area contributed by atoms with Crippen LogP contribution in [0, 0.1) is 0 Å². The first-order valence-corrected chi connectivity index (χ1v) is 8.24. The third-order valence-corrected chi connectivity index (χ3v) is 4.44. The summed E-state index contributed by atoms with van der Waals surface area (Å²) in [5, 5.41) is 11.0. The lowest BCUT2D eigenvalue weighted by Crippen LogP contribution is -2.48. The van der Waals surface area contributed by atoms with Gasteiger partial charge in [-0.05, 0) is 31.9 Å². The molecule has 2 N–H and O–H groups in total. The van der Waals surface area contributed by atoms with Crippen LogP contribution in [0.1, 0.15) is 48.8 Å². The zero-order chi connectivity index (χ0) is 18.1. The summed E-state index contributed by atoms with van der Waals surface area (Å²) in [6.45, 7) is 4.56. The van der Waals surface area contributed by atoms with E-state index in [1.165, 1.54) is 13.1 Å². The van der Waals surface area contributed by atoms with Crippen LogP contribution < -0.4 is 10.9 Å².